The van der Waals surface area contributed by atoms with Crippen LogP contribution in [0.4, 0.5) is 0 Å². The van der Waals surface area contributed by atoms with Crippen LogP contribution in [0.3, 0.4) is 0 Å². The molecular formula is C14H15NO4S. The van der Waals surface area contributed by atoms with E-state index in [9.17, 15) is 13.2 Å². The molecule has 5 nitrogen and oxygen atoms in total. The third kappa shape index (κ3) is 1.67. The smallest absolute Gasteiger partial charge is 0.263 e. The molecule has 3 rings (SSSR count). The zero-order valence-electron chi connectivity index (χ0n) is 11.3. The summed E-state index contributed by atoms with van der Waals surface area (Å²) in [5, 5.41) is 1.26. The summed E-state index contributed by atoms with van der Waals surface area (Å²) in [4.78, 5) is 12.6. The van der Waals surface area contributed by atoms with Crippen LogP contribution < -0.4 is 10.3 Å². The van der Waals surface area contributed by atoms with Gasteiger partial charge in [0.05, 0.1) is 18.2 Å². The van der Waals surface area contributed by atoms with Gasteiger partial charge in [-0.2, -0.15) is 0 Å². The quantitative estimate of drug-likeness (QED) is 0.799. The molecule has 0 spiro atoms. The normalized spacial score (nSPS) is 16.9. The van der Waals surface area contributed by atoms with E-state index >= 15 is 0 Å². The first kappa shape index (κ1) is 13.2. The molecule has 0 aliphatic carbocycles. The van der Waals surface area contributed by atoms with Crippen molar-refractivity contribution in [3.8, 4) is 5.75 Å². The summed E-state index contributed by atoms with van der Waals surface area (Å²) in [6, 6.07) is 5.24. The van der Waals surface area contributed by atoms with Gasteiger partial charge in [0.25, 0.3) is 5.56 Å². The number of fused-ring (bicyclic) bond motifs is 2. The van der Waals surface area contributed by atoms with Crippen molar-refractivity contribution in [1.29, 1.82) is 0 Å². The molecule has 2 heterocycles. The summed E-state index contributed by atoms with van der Waals surface area (Å²) in [6.45, 7) is 2.18. The summed E-state index contributed by atoms with van der Waals surface area (Å²) in [5.41, 5.74) is 0.333. The molecule has 0 atom stereocenters. The number of benzene rings is 1. The van der Waals surface area contributed by atoms with Gasteiger partial charge in [0.2, 0.25) is 0 Å². The molecule has 0 N–H and O–H groups in total. The van der Waals surface area contributed by atoms with Gasteiger partial charge >= 0.3 is 0 Å². The zero-order valence-corrected chi connectivity index (χ0v) is 12.2. The number of hydrogen-bond donors (Lipinski definition) is 0. The van der Waals surface area contributed by atoms with E-state index in [1.807, 2.05) is 0 Å². The van der Waals surface area contributed by atoms with Crippen LogP contribution in [0.2, 0.25) is 0 Å². The standard InChI is InChI=1S/C14H15NO4S/c1-9-10-5-3-6-11(19-2)12(10)13(16)15-7-4-8-20(17,18)14(9)15/h3,5-6H,4,7-8H2,1-2H3. The molecule has 0 fully saturated rings. The van der Waals surface area contributed by atoms with E-state index in [0.717, 1.165) is 0 Å². The molecule has 106 valence electrons. The molecule has 0 amide bonds. The van der Waals surface area contributed by atoms with Crippen LogP contribution in [0, 0.1) is 6.92 Å². The SMILES string of the molecule is COc1cccc2c(C)c3n(c(=O)c12)CCCS3(=O)=O. The van der Waals surface area contributed by atoms with Crippen LogP contribution in [0.1, 0.15) is 12.0 Å². The molecule has 0 saturated carbocycles. The first-order valence-corrected chi connectivity index (χ1v) is 8.05. The number of aryl methyl sites for hydroxylation is 1. The van der Waals surface area contributed by atoms with Gasteiger partial charge in [-0.15, -0.1) is 0 Å². The maximum atomic E-state index is 12.6. The lowest BCUT2D eigenvalue weighted by Gasteiger charge is -2.22. The second-order valence-electron chi connectivity index (χ2n) is 4.94. The van der Waals surface area contributed by atoms with E-state index in [2.05, 4.69) is 0 Å². The van der Waals surface area contributed by atoms with E-state index in [1.165, 1.54) is 11.7 Å². The topological polar surface area (TPSA) is 65.4 Å². The van der Waals surface area contributed by atoms with Crippen LogP contribution in [-0.2, 0) is 16.4 Å². The second-order valence-corrected chi connectivity index (χ2v) is 6.97. The number of rotatable bonds is 1. The molecule has 0 saturated heterocycles. The highest BCUT2D eigenvalue weighted by atomic mass is 32.2. The first-order chi connectivity index (χ1) is 9.47. The van der Waals surface area contributed by atoms with Crippen LogP contribution >= 0.6 is 0 Å². The van der Waals surface area contributed by atoms with Crippen molar-refractivity contribution in [3.05, 3.63) is 34.1 Å². The number of methoxy groups -OCH3 is 1. The van der Waals surface area contributed by atoms with Crippen molar-refractivity contribution in [1.82, 2.24) is 4.57 Å². The maximum absolute atomic E-state index is 12.6. The lowest BCUT2D eigenvalue weighted by atomic mass is 10.1. The number of aromatic nitrogens is 1. The van der Waals surface area contributed by atoms with Gasteiger partial charge < -0.3 is 4.74 Å². The molecule has 20 heavy (non-hydrogen) atoms. The highest BCUT2D eigenvalue weighted by Gasteiger charge is 2.29. The van der Waals surface area contributed by atoms with Crippen molar-refractivity contribution in [2.45, 2.75) is 24.9 Å². The Bertz CT molecular complexity index is 865. The minimum Gasteiger partial charge on any atom is -0.496 e. The lowest BCUT2D eigenvalue weighted by molar-refractivity contribution is 0.418. The molecule has 6 heteroatoms. The van der Waals surface area contributed by atoms with E-state index in [-0.39, 0.29) is 16.3 Å². The monoisotopic (exact) mass is 293 g/mol. The Hall–Kier alpha value is -1.82. The van der Waals surface area contributed by atoms with Gasteiger partial charge in [0.1, 0.15) is 10.8 Å². The van der Waals surface area contributed by atoms with Crippen molar-refractivity contribution >= 4 is 20.6 Å². The Balaban J connectivity index is 2.58. The summed E-state index contributed by atoms with van der Waals surface area (Å²) in [6.07, 6.45) is 0.468. The average Bonchev–Trinajstić information content (AvgIpc) is 2.42. The first-order valence-electron chi connectivity index (χ1n) is 6.40. The minimum absolute atomic E-state index is 0.1000. The van der Waals surface area contributed by atoms with Gasteiger partial charge in [-0.1, -0.05) is 12.1 Å². The number of nitrogens with zero attached hydrogens (tertiary/aromatic N) is 1. The third-order valence-electron chi connectivity index (χ3n) is 3.76. The highest BCUT2D eigenvalue weighted by molar-refractivity contribution is 7.91. The molecule has 2 aromatic rings. The number of sulfone groups is 1. The Morgan fingerprint density at radius 1 is 1.30 bits per heavy atom. The molecule has 1 aliphatic rings. The second kappa shape index (κ2) is 4.34. The fourth-order valence-electron chi connectivity index (χ4n) is 2.89. The summed E-state index contributed by atoms with van der Waals surface area (Å²) >= 11 is 0. The maximum Gasteiger partial charge on any atom is 0.263 e. The fraction of sp³-hybridized carbons (Fsp3) is 0.357. The van der Waals surface area contributed by atoms with Crippen molar-refractivity contribution in [2.75, 3.05) is 12.9 Å². The summed E-state index contributed by atoms with van der Waals surface area (Å²) in [7, 11) is -1.88. The van der Waals surface area contributed by atoms with E-state index in [1.54, 1.807) is 25.1 Å². The molecule has 0 unspecified atom stereocenters. The Morgan fingerprint density at radius 2 is 2.05 bits per heavy atom. The van der Waals surface area contributed by atoms with Gasteiger partial charge in [0.15, 0.2) is 9.84 Å². The Morgan fingerprint density at radius 3 is 2.75 bits per heavy atom. The summed E-state index contributed by atoms with van der Waals surface area (Å²) in [5.74, 6) is 0.580. The number of ether oxygens (including phenoxy) is 1. The van der Waals surface area contributed by atoms with Gasteiger partial charge in [-0.05, 0) is 30.4 Å². The van der Waals surface area contributed by atoms with Gasteiger partial charge in [-0.3, -0.25) is 9.36 Å². The molecule has 0 radical (unpaired) electrons. The molecule has 0 bridgehead atoms. The van der Waals surface area contributed by atoms with E-state index in [4.69, 9.17) is 4.74 Å². The molecular weight excluding hydrogens is 278 g/mol. The van der Waals surface area contributed by atoms with Gasteiger partial charge in [-0.25, -0.2) is 8.42 Å². The molecule has 1 aliphatic heterocycles. The molecule has 1 aromatic heterocycles. The van der Waals surface area contributed by atoms with Crippen LogP contribution in [0.15, 0.2) is 28.0 Å². The van der Waals surface area contributed by atoms with Crippen LogP contribution in [0.25, 0.3) is 10.8 Å². The predicted molar refractivity (Wildman–Crippen MR) is 76.2 cm³/mol. The lowest BCUT2D eigenvalue weighted by Crippen LogP contribution is -2.33. The third-order valence-corrected chi connectivity index (χ3v) is 5.71. The van der Waals surface area contributed by atoms with Crippen molar-refractivity contribution in [3.63, 3.8) is 0 Å². The van der Waals surface area contributed by atoms with Crippen LogP contribution in [-0.4, -0.2) is 25.8 Å². The minimum atomic E-state index is -3.38. The van der Waals surface area contributed by atoms with Crippen molar-refractivity contribution in [2.24, 2.45) is 0 Å². The summed E-state index contributed by atoms with van der Waals surface area (Å²) < 4.78 is 31.1. The Labute approximate surface area is 116 Å². The average molecular weight is 293 g/mol. The van der Waals surface area contributed by atoms with E-state index < -0.39 is 9.84 Å². The molecule has 1 aromatic carbocycles. The van der Waals surface area contributed by atoms with E-state index in [0.29, 0.717) is 35.1 Å². The number of pyridine rings is 1. The number of hydrogen-bond acceptors (Lipinski definition) is 4. The highest BCUT2D eigenvalue weighted by Crippen LogP contribution is 2.30. The fourth-order valence-corrected chi connectivity index (χ4v) is 4.68. The zero-order chi connectivity index (χ0) is 14.5. The largest absolute Gasteiger partial charge is 0.496 e. The van der Waals surface area contributed by atoms with Crippen LogP contribution in [0.5, 0.6) is 5.75 Å². The van der Waals surface area contributed by atoms with Crippen molar-refractivity contribution < 1.29 is 13.2 Å². The predicted octanol–water partition coefficient (Wildman–Crippen LogP) is 1.50. The Kier molecular flexibility index (Phi) is 2.86. The van der Waals surface area contributed by atoms with Gasteiger partial charge in [0, 0.05) is 6.54 Å².